The van der Waals surface area contributed by atoms with Gasteiger partial charge in [0.25, 0.3) is 5.91 Å². The average molecular weight is 449 g/mol. The summed E-state index contributed by atoms with van der Waals surface area (Å²) in [5.74, 6) is 0.927. The fraction of sp³-hybridized carbons (Fsp3) is 0.333. The number of carbonyl (C=O) groups is 1. The Morgan fingerprint density at radius 3 is 2.52 bits per heavy atom. The molecule has 0 radical (unpaired) electrons. The van der Waals surface area contributed by atoms with Crippen LogP contribution in [0.4, 0.5) is 5.69 Å². The van der Waals surface area contributed by atoms with Gasteiger partial charge in [0.05, 0.1) is 28.3 Å². The zero-order chi connectivity index (χ0) is 23.7. The predicted octanol–water partition coefficient (Wildman–Crippen LogP) is 4.26. The van der Waals surface area contributed by atoms with Gasteiger partial charge in [-0.05, 0) is 59.2 Å². The predicted molar refractivity (Wildman–Crippen MR) is 124 cm³/mol. The normalized spacial score (nSPS) is 11.1. The lowest BCUT2D eigenvalue weighted by atomic mass is 10.2. The molecule has 0 atom stereocenters. The van der Waals surface area contributed by atoms with Crippen LogP contribution in [0.3, 0.4) is 0 Å². The first-order valence-corrected chi connectivity index (χ1v) is 10.7. The summed E-state index contributed by atoms with van der Waals surface area (Å²) in [4.78, 5) is 13.1. The number of para-hydroxylation sites is 1. The third kappa shape index (κ3) is 4.52. The van der Waals surface area contributed by atoms with Crippen molar-refractivity contribution in [3.63, 3.8) is 0 Å². The van der Waals surface area contributed by atoms with Crippen LogP contribution < -0.4 is 10.1 Å². The highest BCUT2D eigenvalue weighted by molar-refractivity contribution is 6.04. The van der Waals surface area contributed by atoms with Crippen molar-refractivity contribution in [3.05, 3.63) is 75.7 Å². The van der Waals surface area contributed by atoms with Gasteiger partial charge in [0.2, 0.25) is 0 Å². The quantitative estimate of drug-likeness (QED) is 0.454. The van der Waals surface area contributed by atoms with Crippen molar-refractivity contribution in [2.75, 3.05) is 5.32 Å². The molecule has 0 saturated heterocycles. The molecule has 0 fully saturated rings. The second-order valence-electron chi connectivity index (χ2n) is 8.19. The molecule has 33 heavy (non-hydrogen) atoms. The highest BCUT2D eigenvalue weighted by Crippen LogP contribution is 2.24. The van der Waals surface area contributed by atoms with E-state index in [9.17, 15) is 4.79 Å². The Kier molecular flexibility index (Phi) is 6.04. The molecule has 0 aliphatic rings. The van der Waals surface area contributed by atoms with Gasteiger partial charge in [-0.3, -0.25) is 4.79 Å². The van der Waals surface area contributed by atoms with Crippen LogP contribution in [0.15, 0.2) is 34.9 Å². The number of amides is 1. The van der Waals surface area contributed by atoms with Gasteiger partial charge in [-0.25, -0.2) is 9.36 Å². The van der Waals surface area contributed by atoms with Crippen LogP contribution >= 0.6 is 0 Å². The van der Waals surface area contributed by atoms with Crippen molar-refractivity contribution < 1.29 is 14.1 Å². The van der Waals surface area contributed by atoms with E-state index in [4.69, 9.17) is 9.26 Å². The minimum absolute atomic E-state index is 0.179. The number of rotatable bonds is 7. The molecule has 172 valence electrons. The minimum Gasteiger partial charge on any atom is -0.488 e. The Hall–Kier alpha value is -3.88. The summed E-state index contributed by atoms with van der Waals surface area (Å²) >= 11 is 0. The Labute approximate surface area is 192 Å². The van der Waals surface area contributed by atoms with Crippen molar-refractivity contribution in [3.8, 4) is 5.75 Å². The number of nitrogens with one attached hydrogen (secondary N) is 1. The summed E-state index contributed by atoms with van der Waals surface area (Å²) in [7, 11) is 0. The molecule has 1 N–H and O–H groups in total. The van der Waals surface area contributed by atoms with Gasteiger partial charge in [-0.1, -0.05) is 23.4 Å². The van der Waals surface area contributed by atoms with Crippen molar-refractivity contribution in [1.82, 2.24) is 24.7 Å². The number of aryl methyl sites for hydroxylation is 5. The molecule has 4 rings (SSSR count). The largest absolute Gasteiger partial charge is 0.488 e. The number of aromatic nitrogens is 5. The Bertz CT molecular complexity index is 1310. The summed E-state index contributed by atoms with van der Waals surface area (Å²) in [5, 5.41) is 16.0. The third-order valence-corrected chi connectivity index (χ3v) is 5.66. The Morgan fingerprint density at radius 1 is 1.06 bits per heavy atom. The maximum absolute atomic E-state index is 13.1. The summed E-state index contributed by atoms with van der Waals surface area (Å²) in [6.45, 7) is 12.1. The molecule has 1 amide bonds. The molecule has 0 saturated carbocycles. The lowest BCUT2D eigenvalue weighted by Crippen LogP contribution is -2.17. The van der Waals surface area contributed by atoms with Crippen LogP contribution in [0, 0.1) is 41.5 Å². The van der Waals surface area contributed by atoms with Crippen LogP contribution in [0.2, 0.25) is 0 Å². The van der Waals surface area contributed by atoms with E-state index < -0.39 is 0 Å². The highest BCUT2D eigenvalue weighted by Gasteiger charge is 2.23. The number of ether oxygens (including phenoxy) is 1. The number of anilines is 1. The molecular weight excluding hydrogens is 420 g/mol. The second-order valence-corrected chi connectivity index (χ2v) is 8.19. The van der Waals surface area contributed by atoms with Crippen LogP contribution in [0.25, 0.3) is 0 Å². The van der Waals surface area contributed by atoms with Gasteiger partial charge in [0.15, 0.2) is 5.69 Å². The number of benzene rings is 1. The van der Waals surface area contributed by atoms with Crippen molar-refractivity contribution in [1.29, 1.82) is 0 Å². The molecule has 0 unspecified atom stereocenters. The number of hydrogen-bond donors (Lipinski definition) is 1. The molecule has 0 aliphatic carbocycles. The van der Waals surface area contributed by atoms with Gasteiger partial charge >= 0.3 is 0 Å². The van der Waals surface area contributed by atoms with Gasteiger partial charge in [0.1, 0.15) is 24.8 Å². The molecule has 9 heteroatoms. The minimum atomic E-state index is -0.368. The fourth-order valence-electron chi connectivity index (χ4n) is 3.74. The van der Waals surface area contributed by atoms with E-state index in [2.05, 4.69) is 20.7 Å². The van der Waals surface area contributed by atoms with E-state index in [0.717, 1.165) is 28.4 Å². The SMILES string of the molecule is Cc1cc(C)n(Cn2nc(C)c(NC(=O)c3noc(C)c3COc3ccccc3C)c2C)n1. The highest BCUT2D eigenvalue weighted by atomic mass is 16.5. The molecule has 1 aromatic carbocycles. The monoisotopic (exact) mass is 448 g/mol. The third-order valence-electron chi connectivity index (χ3n) is 5.66. The van der Waals surface area contributed by atoms with Gasteiger partial charge in [-0.15, -0.1) is 0 Å². The first-order chi connectivity index (χ1) is 15.7. The summed E-state index contributed by atoms with van der Waals surface area (Å²) in [6, 6.07) is 9.74. The molecule has 0 aliphatic heterocycles. The van der Waals surface area contributed by atoms with Crippen LogP contribution in [0.1, 0.15) is 50.2 Å². The summed E-state index contributed by atoms with van der Waals surface area (Å²) < 4.78 is 14.9. The van der Waals surface area contributed by atoms with Crippen molar-refractivity contribution >= 4 is 11.6 Å². The average Bonchev–Trinajstić information content (AvgIpc) is 3.38. The number of carbonyl (C=O) groups excluding carboxylic acids is 1. The van der Waals surface area contributed by atoms with E-state index >= 15 is 0 Å². The number of nitrogens with zero attached hydrogens (tertiary/aromatic N) is 5. The lowest BCUT2D eigenvalue weighted by molar-refractivity contribution is 0.101. The number of hydrogen-bond acceptors (Lipinski definition) is 6. The maximum Gasteiger partial charge on any atom is 0.278 e. The molecule has 3 heterocycles. The van der Waals surface area contributed by atoms with E-state index in [0.29, 0.717) is 29.4 Å². The molecule has 3 aromatic heterocycles. The maximum atomic E-state index is 13.1. The van der Waals surface area contributed by atoms with Crippen molar-refractivity contribution in [2.45, 2.75) is 54.8 Å². The second kappa shape index (κ2) is 8.93. The molecule has 0 spiro atoms. The zero-order valence-electron chi connectivity index (χ0n) is 19.8. The van der Waals surface area contributed by atoms with E-state index in [1.54, 1.807) is 6.92 Å². The standard InChI is InChI=1S/C24H28N6O3/c1-14-9-7-8-10-21(14)32-12-20-19(6)33-28-23(20)24(31)25-22-17(4)27-30(18(22)5)13-29-16(3)11-15(2)26-29/h7-11H,12-13H2,1-6H3,(H,25,31). The van der Waals surface area contributed by atoms with Gasteiger partial charge in [0, 0.05) is 5.69 Å². The van der Waals surface area contributed by atoms with Gasteiger partial charge < -0.3 is 14.6 Å². The van der Waals surface area contributed by atoms with Crippen LogP contribution in [-0.2, 0) is 13.3 Å². The summed E-state index contributed by atoms with van der Waals surface area (Å²) in [6.07, 6.45) is 0. The van der Waals surface area contributed by atoms with Crippen molar-refractivity contribution in [2.24, 2.45) is 0 Å². The first-order valence-electron chi connectivity index (χ1n) is 10.7. The fourth-order valence-corrected chi connectivity index (χ4v) is 3.74. The molecule has 9 nitrogen and oxygen atoms in total. The van der Waals surface area contributed by atoms with Crippen LogP contribution in [-0.4, -0.2) is 30.6 Å². The lowest BCUT2D eigenvalue weighted by Gasteiger charge is -2.10. The molecule has 0 bridgehead atoms. The van der Waals surface area contributed by atoms with E-state index in [1.165, 1.54) is 0 Å². The zero-order valence-corrected chi connectivity index (χ0v) is 19.8. The van der Waals surface area contributed by atoms with E-state index in [-0.39, 0.29) is 18.2 Å². The van der Waals surface area contributed by atoms with E-state index in [1.807, 2.05) is 74.3 Å². The van der Waals surface area contributed by atoms with Crippen LogP contribution in [0.5, 0.6) is 5.75 Å². The summed E-state index contributed by atoms with van der Waals surface area (Å²) in [5.41, 5.74) is 6.00. The first kappa shape index (κ1) is 22.3. The molecular formula is C24H28N6O3. The Balaban J connectivity index is 1.53. The van der Waals surface area contributed by atoms with Gasteiger partial charge in [-0.2, -0.15) is 10.2 Å². The molecule has 4 aromatic rings. The Morgan fingerprint density at radius 2 is 1.82 bits per heavy atom. The smallest absolute Gasteiger partial charge is 0.278 e. The topological polar surface area (TPSA) is 100 Å².